The van der Waals surface area contributed by atoms with E-state index < -0.39 is 11.5 Å². The third-order valence-corrected chi connectivity index (χ3v) is 3.97. The summed E-state index contributed by atoms with van der Waals surface area (Å²) >= 11 is 0. The first-order valence-corrected chi connectivity index (χ1v) is 6.89. The molecule has 0 heterocycles. The highest BCUT2D eigenvalue weighted by Gasteiger charge is 2.29. The Morgan fingerprint density at radius 3 is 2.10 bits per heavy atom. The molecule has 0 saturated heterocycles. The van der Waals surface area contributed by atoms with Crippen LogP contribution >= 0.6 is 0 Å². The summed E-state index contributed by atoms with van der Waals surface area (Å²) in [6, 6.07) is 14.5. The molecule has 2 heteroatoms. The van der Waals surface area contributed by atoms with Gasteiger partial charge in [-0.25, -0.2) is 4.39 Å². The van der Waals surface area contributed by atoms with E-state index in [-0.39, 0.29) is 5.82 Å². The normalized spacial score (nSPS) is 13.2. The molecule has 0 aromatic heterocycles. The lowest BCUT2D eigenvalue weighted by atomic mass is 9.77. The van der Waals surface area contributed by atoms with Crippen LogP contribution in [-0.4, -0.2) is 11.2 Å². The van der Waals surface area contributed by atoms with Crippen molar-refractivity contribution < 1.29 is 9.50 Å². The maximum absolute atomic E-state index is 13.0. The molecule has 0 saturated carbocycles. The predicted octanol–water partition coefficient (Wildman–Crippen LogP) is 4.02. The summed E-state index contributed by atoms with van der Waals surface area (Å²) in [4.78, 5) is 0. The Morgan fingerprint density at radius 1 is 1.00 bits per heavy atom. The zero-order chi connectivity index (χ0) is 14.8. The number of aliphatic hydroxyl groups is 1. The Kier molecular flexibility index (Phi) is 4.24. The van der Waals surface area contributed by atoms with Crippen LogP contribution in [0.15, 0.2) is 48.5 Å². The monoisotopic (exact) mass is 272 g/mol. The molecule has 0 aliphatic heterocycles. The number of hydrogen-bond donors (Lipinski definition) is 1. The van der Waals surface area contributed by atoms with Crippen molar-refractivity contribution >= 4 is 0 Å². The van der Waals surface area contributed by atoms with Gasteiger partial charge < -0.3 is 5.11 Å². The lowest BCUT2D eigenvalue weighted by Gasteiger charge is -2.31. The summed E-state index contributed by atoms with van der Waals surface area (Å²) in [6.07, 6.45) is 0.0701. The van der Waals surface area contributed by atoms with Crippen LogP contribution in [0.3, 0.4) is 0 Å². The van der Waals surface area contributed by atoms with E-state index in [2.05, 4.69) is 0 Å². The Balaban J connectivity index is 2.16. The van der Waals surface area contributed by atoms with Gasteiger partial charge in [0.15, 0.2) is 0 Å². The van der Waals surface area contributed by atoms with E-state index >= 15 is 0 Å². The molecule has 106 valence electrons. The van der Waals surface area contributed by atoms with Crippen molar-refractivity contribution in [3.63, 3.8) is 0 Å². The first-order valence-electron chi connectivity index (χ1n) is 6.89. The molecule has 2 rings (SSSR count). The number of benzene rings is 2. The molecule has 1 N–H and O–H groups in total. The van der Waals surface area contributed by atoms with E-state index in [1.807, 2.05) is 45.0 Å². The lowest BCUT2D eigenvalue weighted by Crippen LogP contribution is -2.35. The Hall–Kier alpha value is -1.67. The molecular weight excluding hydrogens is 251 g/mol. The molecule has 0 fully saturated rings. The van der Waals surface area contributed by atoms with Crippen LogP contribution in [0.4, 0.5) is 4.39 Å². The van der Waals surface area contributed by atoms with E-state index in [1.54, 1.807) is 12.1 Å². The molecule has 0 bridgehead atoms. The zero-order valence-corrected chi connectivity index (χ0v) is 12.2. The van der Waals surface area contributed by atoms with Crippen LogP contribution in [-0.2, 0) is 11.8 Å². The summed E-state index contributed by atoms with van der Waals surface area (Å²) in [5, 5.41) is 10.5. The maximum Gasteiger partial charge on any atom is 0.123 e. The molecule has 2 aromatic carbocycles. The summed E-state index contributed by atoms with van der Waals surface area (Å²) in [5.74, 6) is -0.252. The molecular formula is C18H21FO. The number of hydrogen-bond acceptors (Lipinski definition) is 1. The third kappa shape index (κ3) is 3.26. The highest BCUT2D eigenvalue weighted by atomic mass is 19.1. The second-order valence-corrected chi connectivity index (χ2v) is 5.93. The second-order valence-electron chi connectivity index (χ2n) is 5.93. The average Bonchev–Trinajstić information content (AvgIpc) is 2.42. The Bertz CT molecular complexity index is 555. The molecule has 0 aliphatic rings. The van der Waals surface area contributed by atoms with E-state index in [0.717, 1.165) is 11.1 Å². The minimum absolute atomic E-state index is 0.252. The van der Waals surface area contributed by atoms with E-state index in [0.29, 0.717) is 6.42 Å². The minimum atomic E-state index is -0.518. The van der Waals surface area contributed by atoms with Gasteiger partial charge in [0, 0.05) is 5.41 Å². The highest BCUT2D eigenvalue weighted by Crippen LogP contribution is 2.29. The summed E-state index contributed by atoms with van der Waals surface area (Å²) in [7, 11) is 0. The van der Waals surface area contributed by atoms with Gasteiger partial charge in [-0.3, -0.25) is 0 Å². The predicted molar refractivity (Wildman–Crippen MR) is 80.3 cm³/mol. The third-order valence-electron chi connectivity index (χ3n) is 3.97. The quantitative estimate of drug-likeness (QED) is 0.891. The SMILES string of the molecule is Cc1ccc(CC(O)C(C)(C)c2ccc(F)cc2)cc1. The maximum atomic E-state index is 13.0. The van der Waals surface area contributed by atoms with Crippen LogP contribution in [0.25, 0.3) is 0 Å². The molecule has 0 spiro atoms. The molecule has 1 unspecified atom stereocenters. The van der Waals surface area contributed by atoms with Crippen molar-refractivity contribution in [1.29, 1.82) is 0 Å². The van der Waals surface area contributed by atoms with E-state index in [4.69, 9.17) is 0 Å². The van der Waals surface area contributed by atoms with Gasteiger partial charge in [-0.05, 0) is 36.6 Å². The van der Waals surface area contributed by atoms with Gasteiger partial charge in [-0.15, -0.1) is 0 Å². The number of rotatable bonds is 4. The van der Waals surface area contributed by atoms with Crippen molar-refractivity contribution in [2.24, 2.45) is 0 Å². The average molecular weight is 272 g/mol. The second kappa shape index (κ2) is 5.76. The first kappa shape index (κ1) is 14.7. The van der Waals surface area contributed by atoms with Crippen molar-refractivity contribution in [3.05, 3.63) is 71.0 Å². The van der Waals surface area contributed by atoms with Crippen molar-refractivity contribution in [2.45, 2.75) is 38.7 Å². The van der Waals surface area contributed by atoms with Gasteiger partial charge in [-0.2, -0.15) is 0 Å². The molecule has 0 radical (unpaired) electrons. The van der Waals surface area contributed by atoms with Gasteiger partial charge in [0.2, 0.25) is 0 Å². The van der Waals surface area contributed by atoms with Gasteiger partial charge in [0.1, 0.15) is 5.82 Å². The summed E-state index contributed by atoms with van der Waals surface area (Å²) in [5.41, 5.74) is 2.84. The number of halogens is 1. The fourth-order valence-corrected chi connectivity index (χ4v) is 2.27. The number of aliphatic hydroxyl groups excluding tert-OH is 1. The van der Waals surface area contributed by atoms with Crippen LogP contribution < -0.4 is 0 Å². The first-order chi connectivity index (χ1) is 9.39. The van der Waals surface area contributed by atoms with Crippen molar-refractivity contribution in [2.75, 3.05) is 0 Å². The minimum Gasteiger partial charge on any atom is -0.392 e. The smallest absolute Gasteiger partial charge is 0.123 e. The fraction of sp³-hybridized carbons (Fsp3) is 0.333. The molecule has 1 nitrogen and oxygen atoms in total. The van der Waals surface area contributed by atoms with Crippen LogP contribution in [0.5, 0.6) is 0 Å². The standard InChI is InChI=1S/C18H21FO/c1-13-4-6-14(7-5-13)12-17(20)18(2,3)15-8-10-16(19)11-9-15/h4-11,17,20H,12H2,1-3H3. The fourth-order valence-electron chi connectivity index (χ4n) is 2.27. The molecule has 1 atom stereocenters. The Labute approximate surface area is 120 Å². The lowest BCUT2D eigenvalue weighted by molar-refractivity contribution is 0.0999. The number of aryl methyl sites for hydroxylation is 1. The Morgan fingerprint density at radius 2 is 1.55 bits per heavy atom. The largest absolute Gasteiger partial charge is 0.392 e. The van der Waals surface area contributed by atoms with Crippen LogP contribution in [0, 0.1) is 12.7 Å². The summed E-state index contributed by atoms with van der Waals surface area (Å²) < 4.78 is 13.0. The van der Waals surface area contributed by atoms with E-state index in [9.17, 15) is 9.50 Å². The van der Waals surface area contributed by atoms with Gasteiger partial charge in [0.05, 0.1) is 6.10 Å². The highest BCUT2D eigenvalue weighted by molar-refractivity contribution is 5.28. The van der Waals surface area contributed by atoms with E-state index in [1.165, 1.54) is 17.7 Å². The molecule has 20 heavy (non-hydrogen) atoms. The van der Waals surface area contributed by atoms with Gasteiger partial charge >= 0.3 is 0 Å². The van der Waals surface area contributed by atoms with Crippen molar-refractivity contribution in [1.82, 2.24) is 0 Å². The topological polar surface area (TPSA) is 20.2 Å². The molecule has 2 aromatic rings. The molecule has 0 aliphatic carbocycles. The summed E-state index contributed by atoms with van der Waals surface area (Å²) in [6.45, 7) is 6.01. The van der Waals surface area contributed by atoms with Crippen LogP contribution in [0.1, 0.15) is 30.5 Å². The molecule has 0 amide bonds. The van der Waals surface area contributed by atoms with Gasteiger partial charge in [0.25, 0.3) is 0 Å². The van der Waals surface area contributed by atoms with Crippen LogP contribution in [0.2, 0.25) is 0 Å². The van der Waals surface area contributed by atoms with Gasteiger partial charge in [-0.1, -0.05) is 55.8 Å². The zero-order valence-electron chi connectivity index (χ0n) is 12.2. The van der Waals surface area contributed by atoms with Crippen molar-refractivity contribution in [3.8, 4) is 0 Å².